The molecule has 0 bridgehead atoms. The molecule has 0 aliphatic heterocycles. The third-order valence-electron chi connectivity index (χ3n) is 3.82. The molecule has 1 rings (SSSR count). The topological polar surface area (TPSA) is 29.5 Å². The average Bonchev–Trinajstić information content (AvgIpc) is 2.52. The van der Waals surface area contributed by atoms with E-state index in [2.05, 4.69) is 13.5 Å². The van der Waals surface area contributed by atoms with Crippen LogP contribution < -0.4 is 0 Å². The number of aliphatic hydroxyl groups excluding tert-OH is 1. The van der Waals surface area contributed by atoms with Crippen LogP contribution in [0, 0.1) is 5.92 Å². The summed E-state index contributed by atoms with van der Waals surface area (Å²) in [6.45, 7) is 7.17. The highest BCUT2D eigenvalue weighted by Gasteiger charge is 2.15. The van der Waals surface area contributed by atoms with Crippen molar-refractivity contribution in [3.05, 3.63) is 48.6 Å². The van der Waals surface area contributed by atoms with Crippen LogP contribution in [0.2, 0.25) is 0 Å². The maximum absolute atomic E-state index is 10.2. The van der Waals surface area contributed by atoms with Gasteiger partial charge in [-0.1, -0.05) is 75.4 Å². The smallest absolute Gasteiger partial charge is 0.0717 e. The second-order valence-corrected chi connectivity index (χ2v) is 5.67. The summed E-state index contributed by atoms with van der Waals surface area (Å²) in [5.41, 5.74) is 1.16. The first kappa shape index (κ1) is 17.9. The Hall–Kier alpha value is -1.12. The molecule has 1 aromatic rings. The molecule has 0 fully saturated rings. The molecule has 0 heterocycles. The van der Waals surface area contributed by atoms with E-state index in [1.54, 1.807) is 0 Å². The van der Waals surface area contributed by atoms with Gasteiger partial charge in [-0.25, -0.2) is 0 Å². The van der Waals surface area contributed by atoms with Gasteiger partial charge in [-0.05, 0) is 12.0 Å². The Morgan fingerprint density at radius 3 is 2.52 bits per heavy atom. The molecular formula is C19H30O2. The van der Waals surface area contributed by atoms with Crippen molar-refractivity contribution < 1.29 is 9.84 Å². The first-order valence-electron chi connectivity index (χ1n) is 8.20. The molecule has 0 radical (unpaired) electrons. The first-order valence-corrected chi connectivity index (χ1v) is 8.20. The fourth-order valence-electron chi connectivity index (χ4n) is 2.39. The van der Waals surface area contributed by atoms with Crippen molar-refractivity contribution in [1.82, 2.24) is 0 Å². The minimum Gasteiger partial charge on any atom is -0.392 e. The van der Waals surface area contributed by atoms with Crippen molar-refractivity contribution in [3.8, 4) is 0 Å². The highest BCUT2D eigenvalue weighted by molar-refractivity contribution is 5.13. The monoisotopic (exact) mass is 290 g/mol. The van der Waals surface area contributed by atoms with Crippen LogP contribution in [0.25, 0.3) is 0 Å². The molecule has 0 aliphatic rings. The van der Waals surface area contributed by atoms with Crippen LogP contribution in [0.5, 0.6) is 0 Å². The summed E-state index contributed by atoms with van der Waals surface area (Å²) >= 11 is 0. The molecular weight excluding hydrogens is 260 g/mol. The van der Waals surface area contributed by atoms with Gasteiger partial charge in [0.15, 0.2) is 0 Å². The minimum absolute atomic E-state index is 0.0277. The summed E-state index contributed by atoms with van der Waals surface area (Å²) in [6, 6.07) is 10.1. The average molecular weight is 290 g/mol. The molecule has 0 saturated heterocycles. The van der Waals surface area contributed by atoms with Gasteiger partial charge in [0.05, 0.1) is 19.3 Å². The van der Waals surface area contributed by atoms with Crippen LogP contribution in [0.4, 0.5) is 0 Å². The zero-order chi connectivity index (χ0) is 15.3. The van der Waals surface area contributed by atoms with Gasteiger partial charge in [-0.3, -0.25) is 0 Å². The van der Waals surface area contributed by atoms with Gasteiger partial charge < -0.3 is 9.84 Å². The quantitative estimate of drug-likeness (QED) is 0.445. The highest BCUT2D eigenvalue weighted by Crippen LogP contribution is 2.15. The van der Waals surface area contributed by atoms with Gasteiger partial charge >= 0.3 is 0 Å². The Bertz CT molecular complexity index is 361. The molecule has 0 saturated carbocycles. The van der Waals surface area contributed by atoms with E-state index in [-0.39, 0.29) is 12.0 Å². The molecule has 0 amide bonds. The fourth-order valence-corrected chi connectivity index (χ4v) is 2.39. The molecule has 0 unspecified atom stereocenters. The third kappa shape index (κ3) is 8.03. The van der Waals surface area contributed by atoms with Crippen molar-refractivity contribution in [3.63, 3.8) is 0 Å². The molecule has 2 atom stereocenters. The van der Waals surface area contributed by atoms with Crippen molar-refractivity contribution in [2.75, 3.05) is 6.61 Å². The zero-order valence-corrected chi connectivity index (χ0v) is 13.3. The summed E-state index contributed by atoms with van der Waals surface area (Å²) < 4.78 is 5.71. The normalized spacial score (nSPS) is 13.8. The van der Waals surface area contributed by atoms with E-state index in [1.807, 2.05) is 36.4 Å². The van der Waals surface area contributed by atoms with E-state index < -0.39 is 0 Å². The second-order valence-electron chi connectivity index (χ2n) is 5.67. The molecule has 21 heavy (non-hydrogen) atoms. The summed E-state index contributed by atoms with van der Waals surface area (Å²) in [5, 5.41) is 10.2. The molecule has 0 aromatic heterocycles. The van der Waals surface area contributed by atoms with Crippen LogP contribution in [-0.4, -0.2) is 17.8 Å². The van der Waals surface area contributed by atoms with Crippen LogP contribution in [0.15, 0.2) is 43.0 Å². The lowest BCUT2D eigenvalue weighted by molar-refractivity contribution is 0.0359. The van der Waals surface area contributed by atoms with Gasteiger partial charge in [0.1, 0.15) is 0 Å². The lowest BCUT2D eigenvalue weighted by Crippen LogP contribution is -2.23. The van der Waals surface area contributed by atoms with Crippen LogP contribution >= 0.6 is 0 Å². The van der Waals surface area contributed by atoms with Crippen LogP contribution in [0.1, 0.15) is 51.0 Å². The number of hydrogen-bond acceptors (Lipinski definition) is 2. The van der Waals surface area contributed by atoms with E-state index in [9.17, 15) is 5.11 Å². The lowest BCUT2D eigenvalue weighted by atomic mass is 9.97. The Kier molecular flexibility index (Phi) is 9.84. The molecule has 118 valence electrons. The number of rotatable bonds is 12. The summed E-state index contributed by atoms with van der Waals surface area (Å²) in [7, 11) is 0. The predicted molar refractivity (Wildman–Crippen MR) is 89.2 cm³/mol. The van der Waals surface area contributed by atoms with Gasteiger partial charge in [-0.2, -0.15) is 0 Å². The first-order chi connectivity index (χ1) is 10.3. The van der Waals surface area contributed by atoms with Crippen molar-refractivity contribution in [2.24, 2.45) is 5.92 Å². The van der Waals surface area contributed by atoms with E-state index >= 15 is 0 Å². The fraction of sp³-hybridized carbons (Fsp3) is 0.579. The Balaban J connectivity index is 2.19. The predicted octanol–water partition coefficient (Wildman–Crippen LogP) is 4.73. The molecule has 2 heteroatoms. The Morgan fingerprint density at radius 2 is 1.86 bits per heavy atom. The number of aliphatic hydroxyl groups is 1. The maximum atomic E-state index is 10.2. The summed E-state index contributed by atoms with van der Waals surface area (Å²) in [6.07, 6.45) is 8.44. The van der Waals surface area contributed by atoms with E-state index in [0.717, 1.165) is 18.4 Å². The SMILES string of the molecule is C=C[C@H](COCc1ccccc1)[C@H](O)CCCCCCC. The van der Waals surface area contributed by atoms with Gasteiger partial charge in [-0.15, -0.1) is 6.58 Å². The lowest BCUT2D eigenvalue weighted by Gasteiger charge is -2.19. The van der Waals surface area contributed by atoms with Gasteiger partial charge in [0, 0.05) is 5.92 Å². The Morgan fingerprint density at radius 1 is 1.14 bits per heavy atom. The number of unbranched alkanes of at least 4 members (excludes halogenated alkanes) is 4. The van der Waals surface area contributed by atoms with Crippen LogP contribution in [0.3, 0.4) is 0 Å². The summed E-state index contributed by atoms with van der Waals surface area (Å²) in [4.78, 5) is 0. The zero-order valence-electron chi connectivity index (χ0n) is 13.3. The third-order valence-corrected chi connectivity index (χ3v) is 3.82. The largest absolute Gasteiger partial charge is 0.392 e. The van der Waals surface area contributed by atoms with Crippen molar-refractivity contribution in [1.29, 1.82) is 0 Å². The molecule has 0 spiro atoms. The van der Waals surface area contributed by atoms with Crippen molar-refractivity contribution in [2.45, 2.75) is 58.2 Å². The van der Waals surface area contributed by atoms with Crippen molar-refractivity contribution >= 4 is 0 Å². The standard InChI is InChI=1S/C19H30O2/c1-3-5-6-7-11-14-19(20)18(4-2)16-21-15-17-12-9-8-10-13-17/h4,8-10,12-13,18-20H,2-3,5-7,11,14-16H2,1H3/t18-,19-/m1/s1. The summed E-state index contributed by atoms with van der Waals surface area (Å²) in [5.74, 6) is 0.0277. The number of ether oxygens (including phenoxy) is 1. The highest BCUT2D eigenvalue weighted by atomic mass is 16.5. The number of benzene rings is 1. The molecule has 2 nitrogen and oxygen atoms in total. The molecule has 0 aliphatic carbocycles. The van der Waals surface area contributed by atoms with Crippen LogP contribution in [-0.2, 0) is 11.3 Å². The second kappa shape index (κ2) is 11.5. The maximum Gasteiger partial charge on any atom is 0.0717 e. The van der Waals surface area contributed by atoms with E-state index in [4.69, 9.17) is 4.74 Å². The minimum atomic E-state index is -0.333. The molecule has 1 aromatic carbocycles. The molecule has 1 N–H and O–H groups in total. The van der Waals surface area contributed by atoms with E-state index in [1.165, 1.54) is 25.7 Å². The number of hydrogen-bond donors (Lipinski definition) is 1. The van der Waals surface area contributed by atoms with Gasteiger partial charge in [0.25, 0.3) is 0 Å². The van der Waals surface area contributed by atoms with Gasteiger partial charge in [0.2, 0.25) is 0 Å². The Labute approximate surface area is 129 Å². The van der Waals surface area contributed by atoms with E-state index in [0.29, 0.717) is 13.2 Å².